The molecule has 0 spiro atoms. The Hall–Kier alpha value is -1.98. The second-order valence-corrected chi connectivity index (χ2v) is 5.57. The first-order valence-electron chi connectivity index (χ1n) is 5.99. The van der Waals surface area contributed by atoms with Crippen molar-refractivity contribution in [3.63, 3.8) is 0 Å². The van der Waals surface area contributed by atoms with Crippen LogP contribution in [0.15, 0.2) is 24.3 Å². The van der Waals surface area contributed by atoms with Crippen LogP contribution in [0.2, 0.25) is 0 Å². The molecule has 0 bridgehead atoms. The topological polar surface area (TPSA) is 81.2 Å². The summed E-state index contributed by atoms with van der Waals surface area (Å²) in [5.74, 6) is -0.842. The second-order valence-electron chi connectivity index (χ2n) is 3.99. The normalized spacial score (nSPS) is 10.1. The van der Waals surface area contributed by atoms with Gasteiger partial charge in [-0.3, -0.25) is 0 Å². The molecule has 0 atom stereocenters. The summed E-state index contributed by atoms with van der Waals surface area (Å²) < 4.78 is 9.11. The van der Waals surface area contributed by atoms with Gasteiger partial charge in [-0.25, -0.2) is 0 Å². The molecular weight excluding hydrogens is 325 g/mol. The molecule has 1 N–H and O–H groups in total. The first-order valence-corrected chi connectivity index (χ1v) is 7.61. The number of ether oxygens (including phenoxy) is 1. The number of nitrogens with zero attached hydrogens (tertiary/aromatic N) is 2. The van der Waals surface area contributed by atoms with Gasteiger partial charge in [0.05, 0.1) is 0 Å². The van der Waals surface area contributed by atoms with Crippen molar-refractivity contribution in [3.05, 3.63) is 41.1 Å². The number of aromatic nitrogens is 2. The summed E-state index contributed by atoms with van der Waals surface area (Å²) in [6, 6.07) is 7.16. The number of carbonyl (C=O) groups excluding carboxylic acids is 2. The van der Waals surface area contributed by atoms with E-state index in [0.29, 0.717) is 10.1 Å². The zero-order valence-electron chi connectivity index (χ0n) is 11.0. The quantitative estimate of drug-likeness (QED) is 0.671. The van der Waals surface area contributed by atoms with Gasteiger partial charge in [-0.15, -0.1) is 0 Å². The monoisotopic (exact) mass is 339 g/mol. The van der Waals surface area contributed by atoms with Crippen molar-refractivity contribution in [1.82, 2.24) is 9.19 Å². The molecule has 0 saturated heterocycles. The van der Waals surface area contributed by atoms with Gasteiger partial charge in [0.2, 0.25) is 0 Å². The van der Waals surface area contributed by atoms with E-state index in [9.17, 15) is 9.59 Å². The first-order chi connectivity index (χ1) is 9.61. The van der Waals surface area contributed by atoms with Gasteiger partial charge in [-0.2, -0.15) is 0 Å². The zero-order chi connectivity index (χ0) is 14.5. The molecule has 0 aliphatic carbocycles. The van der Waals surface area contributed by atoms with Gasteiger partial charge >= 0.3 is 122 Å². The molecule has 0 radical (unpaired) electrons. The molecule has 20 heavy (non-hydrogen) atoms. The maximum atomic E-state index is 12.1. The molecule has 0 aliphatic rings. The third-order valence-corrected chi connectivity index (χ3v) is 3.84. The predicted molar refractivity (Wildman–Crippen MR) is 74.1 cm³/mol. The van der Waals surface area contributed by atoms with E-state index in [1.54, 1.807) is 19.1 Å². The van der Waals surface area contributed by atoms with Crippen LogP contribution in [0.3, 0.4) is 0 Å². The van der Waals surface area contributed by atoms with Gasteiger partial charge in [0.25, 0.3) is 0 Å². The minimum atomic E-state index is -0.560. The van der Waals surface area contributed by atoms with E-state index in [0.717, 1.165) is 5.56 Å². The third kappa shape index (κ3) is 3.31. The molecule has 0 saturated carbocycles. The number of aryl methyl sites for hydroxylation is 1. The summed E-state index contributed by atoms with van der Waals surface area (Å²) in [4.78, 5) is 23.7. The Morgan fingerprint density at radius 2 is 2.00 bits per heavy atom. The summed E-state index contributed by atoms with van der Waals surface area (Å²) in [6.45, 7) is 3.91. The average molecular weight is 338 g/mol. The molecule has 7 heteroatoms. The summed E-state index contributed by atoms with van der Waals surface area (Å²) in [6.07, 6.45) is 0. The van der Waals surface area contributed by atoms with Gasteiger partial charge in [0, 0.05) is 0 Å². The SMILES string of the molecule is CCOC(=O)c1nn[se]c1NC(=O)c1ccc(C)cc1. The van der Waals surface area contributed by atoms with Crippen molar-refractivity contribution < 1.29 is 14.3 Å². The third-order valence-electron chi connectivity index (χ3n) is 2.50. The second kappa shape index (κ2) is 6.45. The van der Waals surface area contributed by atoms with Gasteiger partial charge in [-0.1, -0.05) is 0 Å². The molecule has 1 heterocycles. The Balaban J connectivity index is 2.14. The fraction of sp³-hybridized carbons (Fsp3) is 0.231. The van der Waals surface area contributed by atoms with Crippen LogP contribution in [0.25, 0.3) is 0 Å². The number of carbonyl (C=O) groups is 2. The standard InChI is InChI=1S/C13H13N3O3Se/c1-3-19-13(18)10-12(20-16-15-10)14-11(17)9-6-4-8(2)5-7-9/h4-7H,3H2,1-2H3,(H,14,17). The fourth-order valence-corrected chi connectivity index (χ4v) is 2.65. The van der Waals surface area contributed by atoms with Crippen LogP contribution in [0.4, 0.5) is 4.56 Å². The zero-order valence-corrected chi connectivity index (χ0v) is 12.8. The first kappa shape index (κ1) is 14.4. The summed E-state index contributed by atoms with van der Waals surface area (Å²) in [5, 5.41) is 6.42. The Bertz CT molecular complexity index is 622. The Labute approximate surface area is 122 Å². The Morgan fingerprint density at radius 1 is 1.30 bits per heavy atom. The summed E-state index contributed by atoms with van der Waals surface area (Å²) in [5.41, 5.74) is 1.68. The minimum absolute atomic E-state index is 0.0901. The van der Waals surface area contributed by atoms with Gasteiger partial charge in [-0.05, 0) is 0 Å². The van der Waals surface area contributed by atoms with Crippen LogP contribution in [-0.2, 0) is 4.74 Å². The van der Waals surface area contributed by atoms with Crippen LogP contribution in [0, 0.1) is 6.92 Å². The van der Waals surface area contributed by atoms with Crippen LogP contribution >= 0.6 is 0 Å². The molecule has 2 aromatic rings. The van der Waals surface area contributed by atoms with E-state index in [1.807, 2.05) is 19.1 Å². The van der Waals surface area contributed by atoms with E-state index in [2.05, 4.69) is 14.5 Å². The Morgan fingerprint density at radius 3 is 2.65 bits per heavy atom. The van der Waals surface area contributed by atoms with Crippen molar-refractivity contribution >= 4 is 31.2 Å². The molecule has 1 aromatic carbocycles. The van der Waals surface area contributed by atoms with Crippen molar-refractivity contribution in [2.75, 3.05) is 11.9 Å². The predicted octanol–water partition coefficient (Wildman–Crippen LogP) is 1.27. The molecule has 6 nitrogen and oxygen atoms in total. The van der Waals surface area contributed by atoms with Crippen molar-refractivity contribution in [3.8, 4) is 0 Å². The number of esters is 1. The molecule has 1 aromatic heterocycles. The molecule has 1 amide bonds. The van der Waals surface area contributed by atoms with Crippen LogP contribution in [-0.4, -0.2) is 42.4 Å². The number of hydrogen-bond donors (Lipinski definition) is 1. The van der Waals surface area contributed by atoms with E-state index in [-0.39, 0.29) is 18.2 Å². The van der Waals surface area contributed by atoms with Crippen molar-refractivity contribution in [1.29, 1.82) is 0 Å². The molecule has 0 aliphatic heterocycles. The number of rotatable bonds is 4. The van der Waals surface area contributed by atoms with Crippen molar-refractivity contribution in [2.45, 2.75) is 13.8 Å². The number of hydrogen-bond acceptors (Lipinski definition) is 5. The molecular formula is C13H13N3O3Se. The van der Waals surface area contributed by atoms with Crippen LogP contribution < -0.4 is 5.32 Å². The summed E-state index contributed by atoms with van der Waals surface area (Å²) in [7, 11) is 0. The fourth-order valence-electron chi connectivity index (χ4n) is 1.49. The van der Waals surface area contributed by atoms with E-state index in [1.165, 1.54) is 0 Å². The van der Waals surface area contributed by atoms with Gasteiger partial charge in [0.1, 0.15) is 0 Å². The van der Waals surface area contributed by atoms with E-state index >= 15 is 0 Å². The summed E-state index contributed by atoms with van der Waals surface area (Å²) >= 11 is -0.400. The van der Waals surface area contributed by atoms with Gasteiger partial charge < -0.3 is 0 Å². The van der Waals surface area contributed by atoms with E-state index in [4.69, 9.17) is 4.74 Å². The molecule has 0 fully saturated rings. The van der Waals surface area contributed by atoms with E-state index < -0.39 is 20.7 Å². The Kier molecular flexibility index (Phi) is 4.65. The van der Waals surface area contributed by atoms with Crippen LogP contribution in [0.1, 0.15) is 33.3 Å². The van der Waals surface area contributed by atoms with Gasteiger partial charge in [0.15, 0.2) is 0 Å². The number of nitrogens with one attached hydrogen (secondary N) is 1. The number of benzene rings is 1. The van der Waals surface area contributed by atoms with Crippen molar-refractivity contribution in [2.24, 2.45) is 0 Å². The van der Waals surface area contributed by atoms with Crippen LogP contribution in [0.5, 0.6) is 0 Å². The molecule has 2 rings (SSSR count). The number of anilines is 1. The molecule has 104 valence electrons. The number of amides is 1. The average Bonchev–Trinajstić information content (AvgIpc) is 2.88. The molecule has 0 unspecified atom stereocenters. The maximum absolute atomic E-state index is 12.1.